The molecule has 20 nitrogen and oxygen atoms in total. The zero-order valence-corrected chi connectivity index (χ0v) is 44.6. The predicted octanol–water partition coefficient (Wildman–Crippen LogP) is 1.75. The molecule has 5 unspecified atom stereocenters. The van der Waals surface area contributed by atoms with Gasteiger partial charge in [0.05, 0.1) is 69.2 Å². The molecule has 14 N–H and O–H groups in total. The molecule has 69 heavy (non-hydrogen) atoms. The van der Waals surface area contributed by atoms with Gasteiger partial charge in [0.25, 0.3) is 17.7 Å². The number of amides is 5. The number of carbonyl (C=O) groups is 5. The summed E-state index contributed by atoms with van der Waals surface area (Å²) in [4.78, 5) is 63.2. The third-order valence-electron chi connectivity index (χ3n) is 9.63. The van der Waals surface area contributed by atoms with E-state index < -0.39 is 68.1 Å². The topological polar surface area (TPSA) is 331 Å². The second kappa shape index (κ2) is 43.3. The van der Waals surface area contributed by atoms with E-state index in [0.717, 1.165) is 16.7 Å². The lowest BCUT2D eigenvalue weighted by Crippen LogP contribution is -2.39. The standard InChI is InChI=1S/C35H53N5O11.C4H9NO3.5C2H6/c1-17-18(2)28(33(49)37-9-25(46)13-41)21(5)31(19(17)3)36-8-24(45)12-40(16-44)32-22(6)29(34(50)38-10-26(47)14-42)20(4)30(23(32)7)35(51)39-11-27(48)15-43;6-2-4(8)1-5-3-7;5*1-2/h16,24-27,36,41-43,45-48H,8-15H2,1-7H3,(H,37,49)(H,38,50)(H,39,51);3-4,6,8H,1-2H2,(H,5,7);5*1-2H3. The summed E-state index contributed by atoms with van der Waals surface area (Å²) in [5, 5.41) is 97.7. The summed E-state index contributed by atoms with van der Waals surface area (Å²) in [7, 11) is 0. The van der Waals surface area contributed by atoms with Crippen LogP contribution in [0.3, 0.4) is 0 Å². The normalized spacial score (nSPS) is 11.9. The Morgan fingerprint density at radius 1 is 0.449 bits per heavy atom. The van der Waals surface area contributed by atoms with Gasteiger partial charge in [-0.1, -0.05) is 69.2 Å². The predicted molar refractivity (Wildman–Crippen MR) is 274 cm³/mol. The lowest BCUT2D eigenvalue weighted by atomic mass is 9.89. The van der Waals surface area contributed by atoms with Crippen molar-refractivity contribution in [2.45, 2.75) is 148 Å². The van der Waals surface area contributed by atoms with Gasteiger partial charge in [0.2, 0.25) is 12.8 Å². The number of nitrogens with zero attached hydrogens (tertiary/aromatic N) is 1. The molecule has 2 rings (SSSR count). The van der Waals surface area contributed by atoms with E-state index in [1.54, 1.807) is 27.7 Å². The van der Waals surface area contributed by atoms with Crippen molar-refractivity contribution in [3.05, 3.63) is 55.6 Å². The van der Waals surface area contributed by atoms with Gasteiger partial charge in [-0.2, -0.15) is 0 Å². The number of nitrogens with one attached hydrogen (secondary N) is 5. The Bertz CT molecular complexity index is 1700. The maximum absolute atomic E-state index is 13.4. The third kappa shape index (κ3) is 25.1. The van der Waals surface area contributed by atoms with Crippen molar-refractivity contribution >= 4 is 41.9 Å². The van der Waals surface area contributed by atoms with Gasteiger partial charge in [-0.3, -0.25) is 24.0 Å². The van der Waals surface area contributed by atoms with Gasteiger partial charge in [0.1, 0.15) is 0 Å². The molecule has 2 aromatic carbocycles. The first kappa shape index (κ1) is 73.2. The zero-order chi connectivity index (χ0) is 55.1. The minimum absolute atomic E-state index is 0.0201. The molecular weight excluding hydrogens is 897 g/mol. The molecule has 5 amide bonds. The van der Waals surface area contributed by atoms with Crippen molar-refractivity contribution in [3.8, 4) is 0 Å². The van der Waals surface area contributed by atoms with Crippen molar-refractivity contribution in [2.24, 2.45) is 0 Å². The Morgan fingerprint density at radius 2 is 0.783 bits per heavy atom. The molecule has 0 spiro atoms. The van der Waals surface area contributed by atoms with Gasteiger partial charge >= 0.3 is 0 Å². The van der Waals surface area contributed by atoms with Gasteiger partial charge in [0.15, 0.2) is 0 Å². The summed E-state index contributed by atoms with van der Waals surface area (Å²) in [6, 6.07) is 0. The fourth-order valence-electron chi connectivity index (χ4n) is 6.30. The van der Waals surface area contributed by atoms with E-state index in [-0.39, 0.29) is 68.3 Å². The molecule has 5 atom stereocenters. The molecule has 0 heterocycles. The molecule has 0 fully saturated rings. The summed E-state index contributed by atoms with van der Waals surface area (Å²) in [6.07, 6.45) is -4.72. The average molecular weight is 989 g/mol. The first-order valence-corrected chi connectivity index (χ1v) is 23.8. The molecule has 0 aliphatic heterocycles. The lowest BCUT2D eigenvalue weighted by Gasteiger charge is -2.29. The number of rotatable bonds is 23. The number of benzene rings is 2. The van der Waals surface area contributed by atoms with Crippen molar-refractivity contribution in [2.75, 3.05) is 75.9 Å². The van der Waals surface area contributed by atoms with Crippen LogP contribution >= 0.6 is 0 Å². The van der Waals surface area contributed by atoms with Crippen LogP contribution in [-0.2, 0) is 9.59 Å². The van der Waals surface area contributed by atoms with Crippen LogP contribution in [0, 0.1) is 48.5 Å². The maximum atomic E-state index is 13.4. The van der Waals surface area contributed by atoms with E-state index in [1.807, 2.05) is 83.1 Å². The molecule has 0 saturated heterocycles. The van der Waals surface area contributed by atoms with Crippen molar-refractivity contribution < 1.29 is 69.9 Å². The molecule has 402 valence electrons. The van der Waals surface area contributed by atoms with Crippen LogP contribution in [0.2, 0.25) is 0 Å². The molecule has 0 aliphatic carbocycles. The van der Waals surface area contributed by atoms with Crippen molar-refractivity contribution in [1.29, 1.82) is 0 Å². The van der Waals surface area contributed by atoms with Crippen LogP contribution < -0.4 is 31.5 Å². The highest BCUT2D eigenvalue weighted by molar-refractivity contribution is 6.07. The minimum atomic E-state index is -1.24. The minimum Gasteiger partial charge on any atom is -0.394 e. The molecule has 0 aromatic heterocycles. The van der Waals surface area contributed by atoms with Gasteiger partial charge < -0.3 is 77.4 Å². The summed E-state index contributed by atoms with van der Waals surface area (Å²) in [5.74, 6) is -1.83. The van der Waals surface area contributed by atoms with Crippen molar-refractivity contribution in [1.82, 2.24) is 21.3 Å². The number of hydrogen-bond donors (Lipinski definition) is 14. The number of aliphatic hydroxyl groups is 9. The summed E-state index contributed by atoms with van der Waals surface area (Å²) in [5.41, 5.74) is 4.93. The fraction of sp³-hybridized carbons (Fsp3) is 0.653. The zero-order valence-electron chi connectivity index (χ0n) is 44.6. The first-order chi connectivity index (χ1) is 32.8. The largest absolute Gasteiger partial charge is 0.394 e. The maximum Gasteiger partial charge on any atom is 0.252 e. The van der Waals surface area contributed by atoms with Crippen LogP contribution in [0.4, 0.5) is 11.4 Å². The Balaban J connectivity index is -0.000000657. The molecule has 2 aromatic rings. The van der Waals surface area contributed by atoms with Crippen molar-refractivity contribution in [3.63, 3.8) is 0 Å². The van der Waals surface area contributed by atoms with Crippen LogP contribution in [-0.4, -0.2) is 173 Å². The van der Waals surface area contributed by atoms with Crippen LogP contribution in [0.25, 0.3) is 0 Å². The van der Waals surface area contributed by atoms with E-state index in [1.165, 1.54) is 11.8 Å². The molecular formula is C49H92N6O14. The summed E-state index contributed by atoms with van der Waals surface area (Å²) in [6.45, 7) is 28.9. The molecule has 0 radical (unpaired) electrons. The molecule has 20 heteroatoms. The SMILES string of the molecule is CC.CC.CC.CC.CC.Cc1c(C)c(NCC(O)CN(C=O)c2c(C)c(C(=O)NCC(O)CO)c(C)c(C(=O)NCC(O)CO)c2C)c(C)c(C(=O)NCC(O)CO)c1C.O=CNCC(O)CO. The second-order valence-electron chi connectivity index (χ2n) is 14.0. The quantitative estimate of drug-likeness (QED) is 0.0706. The smallest absolute Gasteiger partial charge is 0.252 e. The lowest BCUT2D eigenvalue weighted by molar-refractivity contribution is -0.110. The second-order valence-corrected chi connectivity index (χ2v) is 14.0. The highest BCUT2D eigenvalue weighted by Gasteiger charge is 2.29. The highest BCUT2D eigenvalue weighted by atomic mass is 16.3. The van der Waals surface area contributed by atoms with E-state index in [2.05, 4.69) is 26.6 Å². The van der Waals surface area contributed by atoms with E-state index in [4.69, 9.17) is 15.3 Å². The van der Waals surface area contributed by atoms with Crippen LogP contribution in [0.15, 0.2) is 0 Å². The average Bonchev–Trinajstić information content (AvgIpc) is 3.37. The van der Waals surface area contributed by atoms with Gasteiger partial charge in [0, 0.05) is 55.1 Å². The number of aliphatic hydroxyl groups excluding tert-OH is 9. The monoisotopic (exact) mass is 989 g/mol. The van der Waals surface area contributed by atoms with Crippen LogP contribution in [0.5, 0.6) is 0 Å². The Labute approximate surface area is 411 Å². The van der Waals surface area contributed by atoms with Gasteiger partial charge in [-0.25, -0.2) is 0 Å². The summed E-state index contributed by atoms with van der Waals surface area (Å²) >= 11 is 0. The summed E-state index contributed by atoms with van der Waals surface area (Å²) < 4.78 is 0. The van der Waals surface area contributed by atoms with E-state index in [9.17, 15) is 54.6 Å². The Morgan fingerprint density at radius 3 is 1.10 bits per heavy atom. The van der Waals surface area contributed by atoms with Gasteiger partial charge in [-0.05, 0) is 87.4 Å². The van der Waals surface area contributed by atoms with E-state index in [0.29, 0.717) is 40.8 Å². The Kier molecular flexibility index (Phi) is 45.9. The number of hydrogen-bond acceptors (Lipinski definition) is 15. The molecule has 0 bridgehead atoms. The number of anilines is 2. The van der Waals surface area contributed by atoms with Gasteiger partial charge in [-0.15, -0.1) is 0 Å². The molecule has 0 saturated carbocycles. The van der Waals surface area contributed by atoms with Crippen LogP contribution in [0.1, 0.15) is 139 Å². The number of carbonyl (C=O) groups excluding carboxylic acids is 5. The third-order valence-corrected chi connectivity index (χ3v) is 9.63. The fourth-order valence-corrected chi connectivity index (χ4v) is 6.30. The highest BCUT2D eigenvalue weighted by Crippen LogP contribution is 2.35. The molecule has 0 aliphatic rings. The van der Waals surface area contributed by atoms with E-state index >= 15 is 0 Å². The first-order valence-electron chi connectivity index (χ1n) is 23.8. The Hall–Kier alpha value is -4.77.